The molecule has 0 atom stereocenters. The molecule has 2 N–H and O–H groups in total. The predicted molar refractivity (Wildman–Crippen MR) is 86.3 cm³/mol. The second-order valence-corrected chi connectivity index (χ2v) is 6.07. The maximum atomic E-state index is 11.9. The average Bonchev–Trinajstić information content (AvgIpc) is 2.50. The lowest BCUT2D eigenvalue weighted by molar-refractivity contribution is -0.119. The molecule has 0 aromatic rings. The molecule has 120 valence electrons. The van der Waals surface area contributed by atoms with Crippen molar-refractivity contribution in [3.8, 4) is 0 Å². The summed E-state index contributed by atoms with van der Waals surface area (Å²) >= 11 is 0. The SMILES string of the molecule is NC(=O)CCCCC(=O)N=C1CCCCCCCCCC1. The van der Waals surface area contributed by atoms with Crippen LogP contribution in [0.4, 0.5) is 0 Å². The highest BCUT2D eigenvalue weighted by atomic mass is 16.1. The van der Waals surface area contributed by atoms with Crippen LogP contribution in [0.1, 0.15) is 89.9 Å². The number of primary amides is 1. The summed E-state index contributed by atoms with van der Waals surface area (Å²) in [6.45, 7) is 0. The Labute approximate surface area is 128 Å². The van der Waals surface area contributed by atoms with Gasteiger partial charge in [-0.05, 0) is 38.5 Å². The van der Waals surface area contributed by atoms with Crippen molar-refractivity contribution in [2.45, 2.75) is 89.9 Å². The van der Waals surface area contributed by atoms with E-state index in [1.807, 2.05) is 0 Å². The fourth-order valence-corrected chi connectivity index (χ4v) is 2.76. The molecule has 21 heavy (non-hydrogen) atoms. The average molecular weight is 294 g/mol. The van der Waals surface area contributed by atoms with Crippen LogP contribution in [0.15, 0.2) is 4.99 Å². The van der Waals surface area contributed by atoms with E-state index in [-0.39, 0.29) is 11.8 Å². The minimum Gasteiger partial charge on any atom is -0.370 e. The zero-order valence-corrected chi connectivity index (χ0v) is 13.2. The number of unbranched alkanes of at least 4 members (excludes halogenated alkanes) is 1. The molecular formula is C17H30N2O2. The largest absolute Gasteiger partial charge is 0.370 e. The number of nitrogens with two attached hydrogens (primary N) is 1. The van der Waals surface area contributed by atoms with Crippen LogP contribution >= 0.6 is 0 Å². The van der Waals surface area contributed by atoms with Gasteiger partial charge in [-0.15, -0.1) is 0 Å². The summed E-state index contributed by atoms with van der Waals surface area (Å²) in [7, 11) is 0. The van der Waals surface area contributed by atoms with Crippen LogP contribution in [0.3, 0.4) is 0 Å². The summed E-state index contributed by atoms with van der Waals surface area (Å²) in [6.07, 6.45) is 14.3. The first kappa shape index (κ1) is 17.9. The fourth-order valence-electron chi connectivity index (χ4n) is 2.76. The lowest BCUT2D eigenvalue weighted by Gasteiger charge is -2.05. The molecule has 4 heteroatoms. The van der Waals surface area contributed by atoms with Gasteiger partial charge >= 0.3 is 0 Å². The molecule has 0 heterocycles. The molecule has 0 aromatic carbocycles. The van der Waals surface area contributed by atoms with Crippen LogP contribution in [0, 0.1) is 0 Å². The van der Waals surface area contributed by atoms with Gasteiger partial charge < -0.3 is 5.73 Å². The van der Waals surface area contributed by atoms with Gasteiger partial charge in [0.2, 0.25) is 11.8 Å². The van der Waals surface area contributed by atoms with Crippen LogP contribution in [0.25, 0.3) is 0 Å². The van der Waals surface area contributed by atoms with E-state index in [4.69, 9.17) is 5.73 Å². The van der Waals surface area contributed by atoms with Crippen molar-refractivity contribution in [2.75, 3.05) is 0 Å². The van der Waals surface area contributed by atoms with Crippen LogP contribution in [-0.4, -0.2) is 17.5 Å². The summed E-state index contributed by atoms with van der Waals surface area (Å²) in [5.74, 6) is -0.318. The van der Waals surface area contributed by atoms with Crippen molar-refractivity contribution >= 4 is 17.5 Å². The molecule has 1 aliphatic rings. The van der Waals surface area contributed by atoms with Gasteiger partial charge in [0.05, 0.1) is 0 Å². The van der Waals surface area contributed by atoms with E-state index in [1.165, 1.54) is 38.5 Å². The van der Waals surface area contributed by atoms with Crippen LogP contribution in [-0.2, 0) is 9.59 Å². The molecule has 0 aliphatic heterocycles. The van der Waals surface area contributed by atoms with E-state index in [0.29, 0.717) is 25.7 Å². The number of carbonyl (C=O) groups is 2. The third kappa shape index (κ3) is 10.2. The number of hydrogen-bond donors (Lipinski definition) is 1. The first-order valence-electron chi connectivity index (χ1n) is 8.56. The first-order chi connectivity index (χ1) is 10.2. The monoisotopic (exact) mass is 294 g/mol. The van der Waals surface area contributed by atoms with Crippen molar-refractivity contribution in [1.29, 1.82) is 0 Å². The van der Waals surface area contributed by atoms with E-state index in [0.717, 1.165) is 31.4 Å². The molecule has 0 saturated heterocycles. The normalized spacial score (nSPS) is 17.8. The summed E-state index contributed by atoms with van der Waals surface area (Å²) in [6, 6.07) is 0. The molecule has 2 amide bonds. The van der Waals surface area contributed by atoms with Crippen molar-refractivity contribution in [1.82, 2.24) is 0 Å². The van der Waals surface area contributed by atoms with E-state index < -0.39 is 0 Å². The molecule has 1 fully saturated rings. The highest BCUT2D eigenvalue weighted by Crippen LogP contribution is 2.15. The Hall–Kier alpha value is -1.19. The van der Waals surface area contributed by atoms with Crippen LogP contribution in [0.5, 0.6) is 0 Å². The lowest BCUT2D eigenvalue weighted by Crippen LogP contribution is -2.10. The number of rotatable bonds is 5. The maximum Gasteiger partial charge on any atom is 0.245 e. The Morgan fingerprint density at radius 2 is 1.29 bits per heavy atom. The topological polar surface area (TPSA) is 72.5 Å². The van der Waals surface area contributed by atoms with Gasteiger partial charge in [-0.2, -0.15) is 0 Å². The number of aliphatic imine (C=N–C) groups is 1. The fraction of sp³-hybridized carbons (Fsp3) is 0.824. The van der Waals surface area contributed by atoms with E-state index >= 15 is 0 Å². The maximum absolute atomic E-state index is 11.9. The summed E-state index contributed by atoms with van der Waals surface area (Å²) in [5, 5.41) is 0. The van der Waals surface area contributed by atoms with Gasteiger partial charge in [0.1, 0.15) is 0 Å². The molecule has 1 aliphatic carbocycles. The molecule has 1 rings (SSSR count). The molecule has 0 unspecified atom stereocenters. The van der Waals surface area contributed by atoms with Gasteiger partial charge in [0, 0.05) is 18.6 Å². The van der Waals surface area contributed by atoms with Crippen molar-refractivity contribution in [2.24, 2.45) is 10.7 Å². The summed E-state index contributed by atoms with van der Waals surface area (Å²) in [5.41, 5.74) is 6.17. The van der Waals surface area contributed by atoms with E-state index in [1.54, 1.807) is 0 Å². The molecule has 4 nitrogen and oxygen atoms in total. The second kappa shape index (κ2) is 11.5. The quantitative estimate of drug-likeness (QED) is 0.781. The predicted octanol–water partition coefficient (Wildman–Crippen LogP) is 3.91. The van der Waals surface area contributed by atoms with Crippen molar-refractivity contribution in [3.05, 3.63) is 0 Å². The molecule has 0 bridgehead atoms. The van der Waals surface area contributed by atoms with E-state index in [9.17, 15) is 9.59 Å². The molecule has 0 spiro atoms. The smallest absolute Gasteiger partial charge is 0.245 e. The van der Waals surface area contributed by atoms with Crippen molar-refractivity contribution in [3.63, 3.8) is 0 Å². The zero-order chi connectivity index (χ0) is 15.3. The van der Waals surface area contributed by atoms with Crippen LogP contribution < -0.4 is 5.73 Å². The first-order valence-corrected chi connectivity index (χ1v) is 8.56. The third-order valence-corrected chi connectivity index (χ3v) is 4.03. The van der Waals surface area contributed by atoms with Gasteiger partial charge in [-0.1, -0.05) is 38.5 Å². The number of nitrogens with zero attached hydrogens (tertiary/aromatic N) is 1. The Kier molecular flexibility index (Phi) is 9.75. The Morgan fingerprint density at radius 1 is 0.810 bits per heavy atom. The minimum absolute atomic E-state index is 0.0238. The standard InChI is InChI=1S/C17H30N2O2/c18-16(20)13-9-10-14-17(21)19-15-11-7-5-3-1-2-4-6-8-12-15/h1-14H2,(H2,18,20). The number of carbonyl (C=O) groups excluding carboxylic acids is 2. The van der Waals surface area contributed by atoms with Crippen LogP contribution in [0.2, 0.25) is 0 Å². The van der Waals surface area contributed by atoms with Gasteiger partial charge in [0.25, 0.3) is 0 Å². The van der Waals surface area contributed by atoms with E-state index in [2.05, 4.69) is 4.99 Å². The lowest BCUT2D eigenvalue weighted by atomic mass is 10.1. The molecule has 1 saturated carbocycles. The van der Waals surface area contributed by atoms with Crippen molar-refractivity contribution < 1.29 is 9.59 Å². The third-order valence-electron chi connectivity index (χ3n) is 4.03. The highest BCUT2D eigenvalue weighted by Gasteiger charge is 2.07. The minimum atomic E-state index is -0.294. The molecule has 0 radical (unpaired) electrons. The Morgan fingerprint density at radius 3 is 1.81 bits per heavy atom. The van der Waals surface area contributed by atoms with Gasteiger partial charge in [-0.3, -0.25) is 9.59 Å². The molecule has 0 aromatic heterocycles. The number of amides is 2. The number of hydrogen-bond acceptors (Lipinski definition) is 2. The highest BCUT2D eigenvalue weighted by molar-refractivity contribution is 5.95. The Bertz CT molecular complexity index is 337. The Balaban J connectivity index is 2.34. The summed E-state index contributed by atoms with van der Waals surface area (Å²) < 4.78 is 0. The summed E-state index contributed by atoms with van der Waals surface area (Å²) in [4.78, 5) is 26.8. The second-order valence-electron chi connectivity index (χ2n) is 6.07. The zero-order valence-electron chi connectivity index (χ0n) is 13.2. The van der Waals surface area contributed by atoms with Gasteiger partial charge in [-0.25, -0.2) is 4.99 Å². The van der Waals surface area contributed by atoms with Gasteiger partial charge in [0.15, 0.2) is 0 Å². The molecular weight excluding hydrogens is 264 g/mol.